The molecule has 0 aliphatic rings. The third-order valence-electron chi connectivity index (χ3n) is 3.11. The van der Waals surface area contributed by atoms with Crippen molar-refractivity contribution < 1.29 is 13.2 Å². The molecule has 0 aliphatic carbocycles. The highest BCUT2D eigenvalue weighted by atomic mass is 32.2. The van der Waals surface area contributed by atoms with Crippen molar-refractivity contribution in [2.24, 2.45) is 0 Å². The molecule has 0 aliphatic heterocycles. The van der Waals surface area contributed by atoms with Gasteiger partial charge in [0.1, 0.15) is 0 Å². The number of nitrogens with one attached hydrogen (secondary N) is 1. The predicted molar refractivity (Wildman–Crippen MR) is 84.9 cm³/mol. The number of sulfonamides is 1. The van der Waals surface area contributed by atoms with Gasteiger partial charge in [0.25, 0.3) is 0 Å². The topological polar surface area (TPSA) is 69.7 Å². The molecule has 6 nitrogen and oxygen atoms in total. The van der Waals surface area contributed by atoms with Crippen LogP contribution in [0.5, 0.6) is 0 Å². The number of hydrogen-bond acceptors (Lipinski definition) is 4. The van der Waals surface area contributed by atoms with Gasteiger partial charge in [-0.2, -0.15) is 0 Å². The number of carbonyl (C=O) groups excluding carboxylic acids is 1. The molecule has 0 heterocycles. The molecule has 0 aromatic heterocycles. The first kappa shape index (κ1) is 19.6. The average Bonchev–Trinajstić information content (AvgIpc) is 2.46. The van der Waals surface area contributed by atoms with Gasteiger partial charge in [-0.05, 0) is 13.1 Å². The van der Waals surface area contributed by atoms with Gasteiger partial charge < -0.3 is 10.2 Å². The number of allylic oxidation sites excluding steroid dienone is 1. The maximum atomic E-state index is 12.0. The van der Waals surface area contributed by atoms with Crippen LogP contribution >= 0.6 is 0 Å². The summed E-state index contributed by atoms with van der Waals surface area (Å²) < 4.78 is 25.4. The lowest BCUT2D eigenvalue weighted by Crippen LogP contribution is -2.38. The van der Waals surface area contributed by atoms with Crippen LogP contribution in [0.3, 0.4) is 0 Å². The first-order chi connectivity index (χ1) is 9.87. The van der Waals surface area contributed by atoms with E-state index in [1.54, 1.807) is 0 Å². The minimum Gasteiger partial charge on any atom is -0.332 e. The van der Waals surface area contributed by atoms with Gasteiger partial charge in [0.2, 0.25) is 15.9 Å². The van der Waals surface area contributed by atoms with E-state index in [9.17, 15) is 13.2 Å². The van der Waals surface area contributed by atoms with E-state index >= 15 is 0 Å². The Balaban J connectivity index is 4.26. The first-order valence-corrected chi connectivity index (χ1v) is 8.55. The molecule has 0 saturated carbocycles. The van der Waals surface area contributed by atoms with Crippen molar-refractivity contribution in [3.05, 3.63) is 12.3 Å². The van der Waals surface area contributed by atoms with Gasteiger partial charge in [0, 0.05) is 38.8 Å². The van der Waals surface area contributed by atoms with E-state index in [4.69, 9.17) is 6.42 Å². The van der Waals surface area contributed by atoms with Gasteiger partial charge >= 0.3 is 0 Å². The van der Waals surface area contributed by atoms with Crippen molar-refractivity contribution in [2.45, 2.75) is 20.3 Å². The summed E-state index contributed by atoms with van der Waals surface area (Å²) >= 11 is 0. The van der Waals surface area contributed by atoms with Crippen LogP contribution in [0.15, 0.2) is 12.3 Å². The third-order valence-corrected chi connectivity index (χ3v) is 4.96. The van der Waals surface area contributed by atoms with Crippen LogP contribution in [0.1, 0.15) is 20.3 Å². The van der Waals surface area contributed by atoms with Gasteiger partial charge in [0.05, 0.1) is 5.75 Å². The second-order valence-electron chi connectivity index (χ2n) is 4.48. The molecule has 0 bridgehead atoms. The fourth-order valence-electron chi connectivity index (χ4n) is 1.59. The fraction of sp³-hybridized carbons (Fsp3) is 0.643. The number of rotatable bonds is 10. The maximum absolute atomic E-state index is 12.0. The van der Waals surface area contributed by atoms with Crippen molar-refractivity contribution in [2.75, 3.05) is 39.0 Å². The van der Waals surface area contributed by atoms with Crippen LogP contribution in [-0.2, 0) is 14.8 Å². The van der Waals surface area contributed by atoms with Crippen molar-refractivity contribution in [3.8, 4) is 12.3 Å². The second-order valence-corrected chi connectivity index (χ2v) is 6.68. The van der Waals surface area contributed by atoms with Gasteiger partial charge in [-0.25, -0.2) is 12.7 Å². The Kier molecular flexibility index (Phi) is 9.71. The number of hydrogen-bond donors (Lipinski definition) is 1. The Bertz CT molecular complexity index is 476. The lowest BCUT2D eigenvalue weighted by molar-refractivity contribution is -0.119. The average molecular weight is 315 g/mol. The van der Waals surface area contributed by atoms with E-state index in [0.717, 1.165) is 13.1 Å². The molecule has 120 valence electrons. The summed E-state index contributed by atoms with van der Waals surface area (Å²) in [5, 5.41) is 2.41. The Hall–Kier alpha value is -1.36. The molecule has 0 unspecified atom stereocenters. The smallest absolute Gasteiger partial charge is 0.225 e. The summed E-state index contributed by atoms with van der Waals surface area (Å²) in [5.41, 5.74) is 0. The molecule has 0 radical (unpaired) electrons. The number of nitrogens with zero attached hydrogens (tertiary/aromatic N) is 2. The third kappa shape index (κ3) is 8.50. The summed E-state index contributed by atoms with van der Waals surface area (Å²) in [5.74, 6) is 1.64. The summed E-state index contributed by atoms with van der Waals surface area (Å²) in [6.45, 7) is 6.93. The Morgan fingerprint density at radius 1 is 1.29 bits per heavy atom. The lowest BCUT2D eigenvalue weighted by atomic mass is 10.4. The van der Waals surface area contributed by atoms with Crippen LogP contribution in [0, 0.1) is 12.3 Å². The van der Waals surface area contributed by atoms with Crippen LogP contribution < -0.4 is 5.32 Å². The molecule has 0 fully saturated rings. The Morgan fingerprint density at radius 2 is 1.90 bits per heavy atom. The second kappa shape index (κ2) is 10.4. The number of carbonyl (C=O) groups is 1. The zero-order chi connectivity index (χ0) is 16.3. The molecular weight excluding hydrogens is 290 g/mol. The maximum Gasteiger partial charge on any atom is 0.225 e. The molecule has 0 spiro atoms. The van der Waals surface area contributed by atoms with E-state index in [0.29, 0.717) is 13.1 Å². The fourth-order valence-corrected chi connectivity index (χ4v) is 2.71. The van der Waals surface area contributed by atoms with Crippen LogP contribution in [0.4, 0.5) is 0 Å². The minimum atomic E-state index is -3.42. The molecule has 7 heteroatoms. The highest BCUT2D eigenvalue weighted by Gasteiger charge is 2.19. The number of likely N-dealkylation sites (N-methyl/N-ethyl adjacent to an activating group) is 2. The zero-order valence-corrected chi connectivity index (χ0v) is 13.8. The van der Waals surface area contributed by atoms with Crippen molar-refractivity contribution in [1.82, 2.24) is 14.5 Å². The van der Waals surface area contributed by atoms with E-state index in [-0.39, 0.29) is 18.1 Å². The van der Waals surface area contributed by atoms with Gasteiger partial charge in [0.15, 0.2) is 0 Å². The summed E-state index contributed by atoms with van der Waals surface area (Å²) in [4.78, 5) is 13.6. The molecule has 0 rings (SSSR count). The normalized spacial score (nSPS) is 12.0. The molecule has 0 aromatic rings. The predicted octanol–water partition coefficient (Wildman–Crippen LogP) is 0.243. The SMILES string of the molecule is C#C/C=C/NC(=O)CCS(=O)(=O)N(C)CCN(CC)CC. The highest BCUT2D eigenvalue weighted by Crippen LogP contribution is 2.01. The molecule has 1 N–H and O–H groups in total. The van der Waals surface area contributed by atoms with Gasteiger partial charge in [-0.3, -0.25) is 4.79 Å². The monoisotopic (exact) mass is 315 g/mol. The first-order valence-electron chi connectivity index (χ1n) is 6.94. The molecule has 21 heavy (non-hydrogen) atoms. The largest absolute Gasteiger partial charge is 0.332 e. The summed E-state index contributed by atoms with van der Waals surface area (Å²) in [6.07, 6.45) is 7.55. The van der Waals surface area contributed by atoms with Gasteiger partial charge in [-0.1, -0.05) is 19.8 Å². The van der Waals surface area contributed by atoms with Crippen LogP contribution in [0.2, 0.25) is 0 Å². The van der Waals surface area contributed by atoms with Crippen molar-refractivity contribution in [3.63, 3.8) is 0 Å². The van der Waals surface area contributed by atoms with E-state index in [1.165, 1.54) is 23.6 Å². The van der Waals surface area contributed by atoms with E-state index in [1.807, 2.05) is 13.8 Å². The molecular formula is C14H25N3O3S. The van der Waals surface area contributed by atoms with Gasteiger partial charge in [-0.15, -0.1) is 6.42 Å². The zero-order valence-electron chi connectivity index (χ0n) is 13.0. The summed E-state index contributed by atoms with van der Waals surface area (Å²) in [7, 11) is -1.88. The standard InChI is InChI=1S/C14H25N3O3S/c1-5-8-10-15-14(18)9-13-21(19,20)16(4)11-12-17(6-2)7-3/h1,8,10H,6-7,9,11-13H2,2-4H3,(H,15,18)/b10-8+. The molecule has 0 aromatic carbocycles. The molecule has 0 saturated heterocycles. The summed E-state index contributed by atoms with van der Waals surface area (Å²) in [6, 6.07) is 0. The van der Waals surface area contributed by atoms with E-state index < -0.39 is 10.0 Å². The van der Waals surface area contributed by atoms with Crippen molar-refractivity contribution >= 4 is 15.9 Å². The minimum absolute atomic E-state index is 0.0904. The Morgan fingerprint density at radius 3 is 2.43 bits per heavy atom. The quantitative estimate of drug-likeness (QED) is 0.587. The molecule has 0 atom stereocenters. The molecule has 1 amide bonds. The van der Waals surface area contributed by atoms with Crippen molar-refractivity contribution in [1.29, 1.82) is 0 Å². The Labute approximate surface area is 128 Å². The lowest BCUT2D eigenvalue weighted by Gasteiger charge is -2.22. The number of terminal acetylenes is 1. The number of amides is 1. The van der Waals surface area contributed by atoms with Crippen LogP contribution in [0.25, 0.3) is 0 Å². The highest BCUT2D eigenvalue weighted by molar-refractivity contribution is 7.89. The van der Waals surface area contributed by atoms with Crippen LogP contribution in [-0.4, -0.2) is 62.5 Å². The van der Waals surface area contributed by atoms with E-state index in [2.05, 4.69) is 16.1 Å².